The second kappa shape index (κ2) is 8.85. The van der Waals surface area contributed by atoms with Crippen LogP contribution < -0.4 is 10.1 Å². The lowest BCUT2D eigenvalue weighted by Crippen LogP contribution is -2.30. The Kier molecular flexibility index (Phi) is 6.06. The van der Waals surface area contributed by atoms with Crippen LogP contribution in [0.4, 0.5) is 0 Å². The summed E-state index contributed by atoms with van der Waals surface area (Å²) in [5, 5.41) is 7.06. The molecule has 7 nitrogen and oxygen atoms in total. The minimum atomic E-state index is -0.517. The number of nitrogens with one attached hydrogen (secondary N) is 1. The molecule has 28 heavy (non-hydrogen) atoms. The number of methoxy groups -OCH3 is 2. The van der Waals surface area contributed by atoms with Gasteiger partial charge in [0.25, 0.3) is 5.91 Å². The minimum absolute atomic E-state index is 0.0277. The number of nitrogens with zero attached hydrogens (tertiary/aromatic N) is 2. The van der Waals surface area contributed by atoms with Gasteiger partial charge in [-0.25, -0.2) is 4.68 Å². The number of benzene rings is 2. The smallest absolute Gasteiger partial charge is 0.307 e. The van der Waals surface area contributed by atoms with E-state index in [0.717, 1.165) is 11.3 Å². The van der Waals surface area contributed by atoms with E-state index in [0.29, 0.717) is 11.3 Å². The fourth-order valence-corrected chi connectivity index (χ4v) is 2.77. The Morgan fingerprint density at radius 1 is 1.07 bits per heavy atom. The summed E-state index contributed by atoms with van der Waals surface area (Å²) in [5.74, 6) is 0.00740. The van der Waals surface area contributed by atoms with Gasteiger partial charge in [0, 0.05) is 18.0 Å². The van der Waals surface area contributed by atoms with Crippen molar-refractivity contribution >= 4 is 11.9 Å². The Hall–Kier alpha value is -3.61. The summed E-state index contributed by atoms with van der Waals surface area (Å²) < 4.78 is 11.6. The van der Waals surface area contributed by atoms with Gasteiger partial charge in [-0.05, 0) is 48.0 Å². The molecule has 0 fully saturated rings. The van der Waals surface area contributed by atoms with Crippen LogP contribution in [0.3, 0.4) is 0 Å². The van der Waals surface area contributed by atoms with Crippen molar-refractivity contribution in [2.75, 3.05) is 14.2 Å². The molecule has 1 N–H and O–H groups in total. The van der Waals surface area contributed by atoms with Crippen LogP contribution >= 0.6 is 0 Å². The van der Waals surface area contributed by atoms with Crippen LogP contribution in [0.15, 0.2) is 67.0 Å². The molecule has 2 aromatic carbocycles. The molecule has 0 bridgehead atoms. The van der Waals surface area contributed by atoms with Crippen molar-refractivity contribution in [1.29, 1.82) is 0 Å². The highest BCUT2D eigenvalue weighted by Crippen LogP contribution is 2.21. The van der Waals surface area contributed by atoms with Crippen LogP contribution in [-0.2, 0) is 9.53 Å². The first-order valence-electron chi connectivity index (χ1n) is 8.72. The first-order valence-corrected chi connectivity index (χ1v) is 8.72. The fraction of sp³-hybridized carbons (Fsp3) is 0.190. The molecule has 0 aliphatic rings. The predicted octanol–water partition coefficient (Wildman–Crippen LogP) is 2.92. The van der Waals surface area contributed by atoms with Crippen molar-refractivity contribution < 1.29 is 19.1 Å². The quantitative estimate of drug-likeness (QED) is 0.638. The van der Waals surface area contributed by atoms with E-state index in [1.807, 2.05) is 36.5 Å². The van der Waals surface area contributed by atoms with E-state index in [1.165, 1.54) is 7.11 Å². The number of rotatable bonds is 7. The first kappa shape index (κ1) is 19.2. The van der Waals surface area contributed by atoms with Gasteiger partial charge in [-0.3, -0.25) is 9.59 Å². The zero-order chi connectivity index (χ0) is 19.9. The first-order chi connectivity index (χ1) is 13.6. The Morgan fingerprint density at radius 3 is 2.36 bits per heavy atom. The van der Waals surface area contributed by atoms with Crippen molar-refractivity contribution in [2.24, 2.45) is 0 Å². The molecule has 1 heterocycles. The van der Waals surface area contributed by atoms with E-state index < -0.39 is 12.0 Å². The Labute approximate surface area is 162 Å². The lowest BCUT2D eigenvalue weighted by Gasteiger charge is -2.19. The van der Waals surface area contributed by atoms with Crippen molar-refractivity contribution in [1.82, 2.24) is 15.1 Å². The summed E-state index contributed by atoms with van der Waals surface area (Å²) in [5.41, 5.74) is 2.12. The van der Waals surface area contributed by atoms with Crippen LogP contribution in [0.25, 0.3) is 5.69 Å². The van der Waals surface area contributed by atoms with Crippen LogP contribution in [0.2, 0.25) is 0 Å². The maximum Gasteiger partial charge on any atom is 0.307 e. The minimum Gasteiger partial charge on any atom is -0.497 e. The molecule has 0 saturated carbocycles. The van der Waals surface area contributed by atoms with Gasteiger partial charge >= 0.3 is 5.97 Å². The molecule has 3 rings (SSSR count). The van der Waals surface area contributed by atoms with E-state index in [-0.39, 0.29) is 12.3 Å². The maximum atomic E-state index is 12.7. The highest BCUT2D eigenvalue weighted by atomic mass is 16.5. The fourth-order valence-electron chi connectivity index (χ4n) is 2.77. The summed E-state index contributed by atoms with van der Waals surface area (Å²) in [6, 6.07) is 15.6. The number of amides is 1. The van der Waals surface area contributed by atoms with E-state index in [4.69, 9.17) is 9.47 Å². The average Bonchev–Trinajstić information content (AvgIpc) is 3.28. The number of aromatic nitrogens is 2. The summed E-state index contributed by atoms with van der Waals surface area (Å²) in [6.07, 6.45) is 3.54. The van der Waals surface area contributed by atoms with Gasteiger partial charge in [0.1, 0.15) is 5.75 Å². The van der Waals surface area contributed by atoms with Crippen LogP contribution in [0.5, 0.6) is 5.75 Å². The normalized spacial score (nSPS) is 11.5. The number of carbonyl (C=O) groups is 2. The van der Waals surface area contributed by atoms with Crippen molar-refractivity contribution in [3.63, 3.8) is 0 Å². The summed E-state index contributed by atoms with van der Waals surface area (Å²) in [7, 11) is 2.90. The molecule has 7 heteroatoms. The van der Waals surface area contributed by atoms with Crippen LogP contribution in [0.1, 0.15) is 28.4 Å². The monoisotopic (exact) mass is 379 g/mol. The molecule has 1 atom stereocenters. The number of carbonyl (C=O) groups excluding carboxylic acids is 2. The summed E-state index contributed by atoms with van der Waals surface area (Å²) in [4.78, 5) is 24.5. The third kappa shape index (κ3) is 4.56. The molecule has 1 aromatic heterocycles. The molecule has 0 spiro atoms. The average molecular weight is 379 g/mol. The zero-order valence-electron chi connectivity index (χ0n) is 15.7. The van der Waals surface area contributed by atoms with Crippen LogP contribution in [-0.4, -0.2) is 35.9 Å². The number of hydrogen-bond acceptors (Lipinski definition) is 5. The topological polar surface area (TPSA) is 82.5 Å². The molecule has 144 valence electrons. The molecule has 3 aromatic rings. The van der Waals surface area contributed by atoms with Gasteiger partial charge < -0.3 is 14.8 Å². The molecule has 1 unspecified atom stereocenters. The Balaban J connectivity index is 1.77. The molecular weight excluding hydrogens is 358 g/mol. The third-order valence-corrected chi connectivity index (χ3v) is 4.32. The van der Waals surface area contributed by atoms with Gasteiger partial charge in [0.05, 0.1) is 32.4 Å². The lowest BCUT2D eigenvalue weighted by atomic mass is 10.0. The maximum absolute atomic E-state index is 12.7. The second-order valence-electron chi connectivity index (χ2n) is 6.08. The largest absolute Gasteiger partial charge is 0.497 e. The van der Waals surface area contributed by atoms with Gasteiger partial charge in [0.15, 0.2) is 0 Å². The lowest BCUT2D eigenvalue weighted by molar-refractivity contribution is -0.141. The third-order valence-electron chi connectivity index (χ3n) is 4.32. The zero-order valence-corrected chi connectivity index (χ0v) is 15.7. The van der Waals surface area contributed by atoms with Gasteiger partial charge in [0.2, 0.25) is 0 Å². The van der Waals surface area contributed by atoms with E-state index in [1.54, 1.807) is 42.3 Å². The van der Waals surface area contributed by atoms with Crippen molar-refractivity contribution in [3.8, 4) is 11.4 Å². The van der Waals surface area contributed by atoms with Crippen LogP contribution in [0, 0.1) is 0 Å². The Morgan fingerprint density at radius 2 is 1.79 bits per heavy atom. The van der Waals surface area contributed by atoms with E-state index in [9.17, 15) is 9.59 Å². The molecule has 0 aliphatic carbocycles. The highest BCUT2D eigenvalue weighted by Gasteiger charge is 2.20. The number of hydrogen-bond donors (Lipinski definition) is 1. The SMILES string of the molecule is COC(=O)CC(NC(=O)c1ccc(-n2cccn2)cc1)c1ccc(OC)cc1. The van der Waals surface area contributed by atoms with Gasteiger partial charge in [-0.1, -0.05) is 12.1 Å². The van der Waals surface area contributed by atoms with E-state index in [2.05, 4.69) is 10.4 Å². The molecule has 0 radical (unpaired) electrons. The Bertz CT molecular complexity index is 919. The molecule has 1 amide bonds. The standard InChI is InChI=1S/C21H21N3O4/c1-27-18-10-6-15(7-11-18)19(14-20(25)28-2)23-21(26)16-4-8-17(9-5-16)24-13-3-12-22-24/h3-13,19H,14H2,1-2H3,(H,23,26). The molecular formula is C21H21N3O4. The molecule has 0 saturated heterocycles. The van der Waals surface area contributed by atoms with E-state index >= 15 is 0 Å². The van der Waals surface area contributed by atoms with Crippen molar-refractivity contribution in [3.05, 3.63) is 78.1 Å². The second-order valence-corrected chi connectivity index (χ2v) is 6.08. The number of esters is 1. The summed E-state index contributed by atoms with van der Waals surface area (Å²) >= 11 is 0. The number of ether oxygens (including phenoxy) is 2. The van der Waals surface area contributed by atoms with Gasteiger partial charge in [-0.2, -0.15) is 5.10 Å². The highest BCUT2D eigenvalue weighted by molar-refractivity contribution is 5.94. The van der Waals surface area contributed by atoms with Crippen molar-refractivity contribution in [2.45, 2.75) is 12.5 Å². The predicted molar refractivity (Wildman–Crippen MR) is 103 cm³/mol. The van der Waals surface area contributed by atoms with Gasteiger partial charge in [-0.15, -0.1) is 0 Å². The summed E-state index contributed by atoms with van der Waals surface area (Å²) in [6.45, 7) is 0. The molecule has 0 aliphatic heterocycles.